The molecule has 0 bridgehead atoms. The summed E-state index contributed by atoms with van der Waals surface area (Å²) < 4.78 is 0. The minimum absolute atomic E-state index is 0.238. The van der Waals surface area contributed by atoms with E-state index in [9.17, 15) is 9.59 Å². The van der Waals surface area contributed by atoms with E-state index >= 15 is 0 Å². The molecule has 0 saturated carbocycles. The van der Waals surface area contributed by atoms with Crippen LogP contribution in [0.2, 0.25) is 0 Å². The molecule has 1 saturated heterocycles. The molecule has 0 aliphatic carbocycles. The summed E-state index contributed by atoms with van der Waals surface area (Å²) in [5, 5.41) is 8.99. The second-order valence-corrected chi connectivity index (χ2v) is 6.26. The predicted octanol–water partition coefficient (Wildman–Crippen LogP) is 2.06. The molecule has 18 heavy (non-hydrogen) atoms. The van der Waals surface area contributed by atoms with Gasteiger partial charge in [-0.25, -0.2) is 4.79 Å². The highest BCUT2D eigenvalue weighted by molar-refractivity contribution is 7.99. The lowest BCUT2D eigenvalue weighted by Gasteiger charge is -2.18. The van der Waals surface area contributed by atoms with Gasteiger partial charge in [-0.05, 0) is 25.1 Å². The summed E-state index contributed by atoms with van der Waals surface area (Å²) in [6.07, 6.45) is 3.19. The first-order valence-corrected chi connectivity index (χ1v) is 7.40. The van der Waals surface area contributed by atoms with Gasteiger partial charge in [0.15, 0.2) is 0 Å². The fraction of sp³-hybridized carbons (Fsp3) is 0.333. The second kappa shape index (κ2) is 5.58. The van der Waals surface area contributed by atoms with Crippen molar-refractivity contribution in [3.63, 3.8) is 0 Å². The molecule has 0 unspecified atom stereocenters. The average molecular weight is 283 g/mol. The van der Waals surface area contributed by atoms with Crippen LogP contribution >= 0.6 is 23.1 Å². The van der Waals surface area contributed by atoms with E-state index in [4.69, 9.17) is 5.11 Å². The van der Waals surface area contributed by atoms with Crippen LogP contribution in [0.15, 0.2) is 18.2 Å². The number of carboxylic acids is 1. The molecule has 2 heterocycles. The summed E-state index contributed by atoms with van der Waals surface area (Å²) >= 11 is 3.07. The third-order valence-corrected chi connectivity index (χ3v) is 4.58. The number of thiophene rings is 1. The van der Waals surface area contributed by atoms with Crippen LogP contribution < -0.4 is 0 Å². The van der Waals surface area contributed by atoms with Crippen LogP contribution in [0.25, 0.3) is 6.08 Å². The second-order valence-electron chi connectivity index (χ2n) is 3.94. The van der Waals surface area contributed by atoms with Crippen LogP contribution in [0.1, 0.15) is 9.75 Å². The third-order valence-electron chi connectivity index (χ3n) is 2.60. The molecule has 2 rings (SSSR count). The van der Waals surface area contributed by atoms with E-state index in [1.165, 1.54) is 27.6 Å². The van der Waals surface area contributed by atoms with Crippen molar-refractivity contribution >= 4 is 41.1 Å². The van der Waals surface area contributed by atoms with Gasteiger partial charge in [0.1, 0.15) is 6.04 Å². The molecule has 1 fully saturated rings. The lowest BCUT2D eigenvalue weighted by molar-refractivity contribution is -0.146. The number of aliphatic carboxylic acids is 1. The van der Waals surface area contributed by atoms with Crippen LogP contribution in [0.3, 0.4) is 0 Å². The van der Waals surface area contributed by atoms with Gasteiger partial charge >= 0.3 is 5.97 Å². The zero-order valence-corrected chi connectivity index (χ0v) is 11.5. The first kappa shape index (κ1) is 13.2. The van der Waals surface area contributed by atoms with E-state index in [-0.39, 0.29) is 5.91 Å². The van der Waals surface area contributed by atoms with Gasteiger partial charge in [-0.15, -0.1) is 23.1 Å². The molecule has 6 heteroatoms. The fourth-order valence-corrected chi connectivity index (χ4v) is 3.59. The maximum Gasteiger partial charge on any atom is 0.327 e. The van der Waals surface area contributed by atoms with Crippen LogP contribution in [0.4, 0.5) is 0 Å². The Bertz CT molecular complexity index is 495. The van der Waals surface area contributed by atoms with Crippen molar-refractivity contribution in [3.8, 4) is 0 Å². The molecule has 1 aliphatic heterocycles. The van der Waals surface area contributed by atoms with Crippen LogP contribution in [-0.2, 0) is 9.59 Å². The normalized spacial score (nSPS) is 19.6. The van der Waals surface area contributed by atoms with Crippen molar-refractivity contribution in [2.24, 2.45) is 0 Å². The van der Waals surface area contributed by atoms with Gasteiger partial charge in [-0.2, -0.15) is 0 Å². The molecule has 1 aromatic heterocycles. The molecule has 1 N–H and O–H groups in total. The topological polar surface area (TPSA) is 57.6 Å². The smallest absolute Gasteiger partial charge is 0.327 e. The quantitative estimate of drug-likeness (QED) is 0.863. The highest BCUT2D eigenvalue weighted by Gasteiger charge is 2.33. The SMILES string of the molecule is Cc1ccc(/C=C/C(=O)N2CSC[C@H]2C(=O)O)s1. The summed E-state index contributed by atoms with van der Waals surface area (Å²) in [5.74, 6) is -0.261. The number of amides is 1. The Morgan fingerprint density at radius 2 is 2.28 bits per heavy atom. The van der Waals surface area contributed by atoms with E-state index in [1.807, 2.05) is 19.1 Å². The van der Waals surface area contributed by atoms with Gasteiger partial charge < -0.3 is 10.0 Å². The number of carboxylic acid groups (broad SMARTS) is 1. The minimum atomic E-state index is -0.936. The summed E-state index contributed by atoms with van der Waals surface area (Å²) in [6.45, 7) is 2.00. The van der Waals surface area contributed by atoms with Crippen molar-refractivity contribution in [3.05, 3.63) is 28.0 Å². The Hall–Kier alpha value is -1.27. The molecule has 0 spiro atoms. The number of aryl methyl sites for hydroxylation is 1. The molecule has 0 aromatic carbocycles. The summed E-state index contributed by atoms with van der Waals surface area (Å²) in [4.78, 5) is 26.4. The number of hydrogen-bond acceptors (Lipinski definition) is 4. The number of hydrogen-bond donors (Lipinski definition) is 1. The molecular weight excluding hydrogens is 270 g/mol. The largest absolute Gasteiger partial charge is 0.480 e. The zero-order valence-electron chi connectivity index (χ0n) is 9.83. The van der Waals surface area contributed by atoms with Gasteiger partial charge in [0, 0.05) is 21.6 Å². The maximum atomic E-state index is 11.9. The van der Waals surface area contributed by atoms with Crippen molar-refractivity contribution in [2.45, 2.75) is 13.0 Å². The summed E-state index contributed by atoms with van der Waals surface area (Å²) in [7, 11) is 0. The fourth-order valence-electron chi connectivity index (χ4n) is 1.66. The van der Waals surface area contributed by atoms with E-state index < -0.39 is 12.0 Å². The first-order chi connectivity index (χ1) is 8.58. The van der Waals surface area contributed by atoms with Crippen molar-refractivity contribution in [1.29, 1.82) is 0 Å². The van der Waals surface area contributed by atoms with E-state index in [1.54, 1.807) is 17.4 Å². The number of thioether (sulfide) groups is 1. The summed E-state index contributed by atoms with van der Waals surface area (Å²) in [5.41, 5.74) is 0. The Labute approximate surface area is 113 Å². The number of carbonyl (C=O) groups excluding carboxylic acids is 1. The standard InChI is InChI=1S/C12H13NO3S2/c1-8-2-3-9(18-8)4-5-11(14)13-7-17-6-10(13)12(15)16/h2-5,10H,6-7H2,1H3,(H,15,16)/b5-4+/t10-/m0/s1. The molecule has 0 radical (unpaired) electrons. The third kappa shape index (κ3) is 2.94. The van der Waals surface area contributed by atoms with Gasteiger partial charge in [-0.3, -0.25) is 4.79 Å². The first-order valence-electron chi connectivity index (χ1n) is 5.43. The van der Waals surface area contributed by atoms with Gasteiger partial charge in [0.05, 0.1) is 5.88 Å². The van der Waals surface area contributed by atoms with E-state index in [0.29, 0.717) is 11.6 Å². The van der Waals surface area contributed by atoms with Gasteiger partial charge in [0.2, 0.25) is 5.91 Å². The Balaban J connectivity index is 2.03. The Kier molecular flexibility index (Phi) is 4.08. The van der Waals surface area contributed by atoms with Gasteiger partial charge in [0.25, 0.3) is 0 Å². The van der Waals surface area contributed by atoms with Crippen molar-refractivity contribution in [1.82, 2.24) is 4.90 Å². The van der Waals surface area contributed by atoms with Gasteiger partial charge in [-0.1, -0.05) is 0 Å². The predicted molar refractivity (Wildman–Crippen MR) is 73.7 cm³/mol. The molecule has 4 nitrogen and oxygen atoms in total. The number of nitrogens with zero attached hydrogens (tertiary/aromatic N) is 1. The Morgan fingerprint density at radius 1 is 1.50 bits per heavy atom. The van der Waals surface area contributed by atoms with E-state index in [0.717, 1.165) is 4.88 Å². The molecular formula is C12H13NO3S2. The number of carbonyl (C=O) groups is 2. The molecule has 96 valence electrons. The summed E-state index contributed by atoms with van der Waals surface area (Å²) in [6, 6.07) is 3.23. The zero-order chi connectivity index (χ0) is 13.1. The van der Waals surface area contributed by atoms with Crippen LogP contribution in [0.5, 0.6) is 0 Å². The van der Waals surface area contributed by atoms with Crippen LogP contribution in [0, 0.1) is 6.92 Å². The van der Waals surface area contributed by atoms with Crippen molar-refractivity contribution in [2.75, 3.05) is 11.6 Å². The minimum Gasteiger partial charge on any atom is -0.480 e. The molecule has 1 aliphatic rings. The molecule has 1 atom stereocenters. The van der Waals surface area contributed by atoms with Crippen molar-refractivity contribution < 1.29 is 14.7 Å². The number of rotatable bonds is 3. The lowest BCUT2D eigenvalue weighted by Crippen LogP contribution is -2.40. The maximum absolute atomic E-state index is 11.9. The highest BCUT2D eigenvalue weighted by atomic mass is 32.2. The van der Waals surface area contributed by atoms with Crippen LogP contribution in [-0.4, -0.2) is 39.6 Å². The van der Waals surface area contributed by atoms with E-state index in [2.05, 4.69) is 0 Å². The highest BCUT2D eigenvalue weighted by Crippen LogP contribution is 2.22. The molecule has 1 aromatic rings. The average Bonchev–Trinajstić information content (AvgIpc) is 2.94. The lowest BCUT2D eigenvalue weighted by atomic mass is 10.3. The monoisotopic (exact) mass is 283 g/mol. The Morgan fingerprint density at radius 3 is 2.89 bits per heavy atom. The molecule has 1 amide bonds.